The quantitative estimate of drug-likeness (QED) is 0.587. The molecule has 0 radical (unpaired) electrons. The fourth-order valence-corrected chi connectivity index (χ4v) is 4.30. The molecule has 2 aliphatic rings. The summed E-state index contributed by atoms with van der Waals surface area (Å²) in [5, 5.41) is 0.719. The van der Waals surface area contributed by atoms with Crippen LogP contribution in [0.1, 0.15) is 34.8 Å². The van der Waals surface area contributed by atoms with Gasteiger partial charge in [0.1, 0.15) is 17.9 Å². The fourth-order valence-electron chi connectivity index (χ4n) is 4.07. The van der Waals surface area contributed by atoms with E-state index in [0.29, 0.717) is 31.3 Å². The van der Waals surface area contributed by atoms with Crippen LogP contribution in [0.25, 0.3) is 11.2 Å². The average Bonchev–Trinajstić information content (AvgIpc) is 3.54. The predicted octanol–water partition coefficient (Wildman–Crippen LogP) is 3.56. The molecule has 8 heteroatoms. The number of hydrogen-bond donors (Lipinski definition) is 0. The molecule has 0 N–H and O–H groups in total. The second-order valence-corrected chi connectivity index (χ2v) is 8.78. The van der Waals surface area contributed by atoms with Crippen molar-refractivity contribution in [1.82, 2.24) is 24.3 Å². The van der Waals surface area contributed by atoms with Gasteiger partial charge < -0.3 is 14.2 Å². The molecule has 1 saturated heterocycles. The van der Waals surface area contributed by atoms with Crippen LogP contribution in [0.3, 0.4) is 0 Å². The van der Waals surface area contributed by atoms with Crippen LogP contribution in [0, 0.1) is 6.92 Å². The van der Waals surface area contributed by atoms with Gasteiger partial charge in [-0.25, -0.2) is 9.97 Å². The molecule has 1 aliphatic carbocycles. The Balaban J connectivity index is 1.13. The lowest BCUT2D eigenvalue weighted by atomic mass is 10.2. The van der Waals surface area contributed by atoms with Crippen molar-refractivity contribution < 1.29 is 9.53 Å². The number of halogens is 1. The van der Waals surface area contributed by atoms with Gasteiger partial charge in [-0.3, -0.25) is 9.69 Å². The van der Waals surface area contributed by atoms with E-state index in [0.717, 1.165) is 47.1 Å². The van der Waals surface area contributed by atoms with Crippen LogP contribution < -0.4 is 4.74 Å². The van der Waals surface area contributed by atoms with Crippen LogP contribution in [0.5, 0.6) is 5.75 Å². The number of carbonyl (C=O) groups excluding carboxylic acids is 1. The van der Waals surface area contributed by atoms with E-state index in [1.54, 1.807) is 6.20 Å². The van der Waals surface area contributed by atoms with E-state index in [1.165, 1.54) is 12.8 Å². The lowest BCUT2D eigenvalue weighted by Gasteiger charge is -2.34. The number of fused-ring (bicyclic) bond motifs is 1. The van der Waals surface area contributed by atoms with Gasteiger partial charge in [0.05, 0.1) is 11.9 Å². The first-order chi connectivity index (χ1) is 15.1. The number of carbonyl (C=O) groups is 1. The number of nitrogens with zero attached hydrogens (tertiary/aromatic N) is 5. The highest BCUT2D eigenvalue weighted by Gasteiger charge is 2.27. The number of hydrogen-bond acceptors (Lipinski definition) is 5. The minimum Gasteiger partial charge on any atom is -0.492 e. The molecule has 2 aromatic heterocycles. The second-order valence-electron chi connectivity index (χ2n) is 8.34. The van der Waals surface area contributed by atoms with Gasteiger partial charge in [-0.2, -0.15) is 0 Å². The predicted molar refractivity (Wildman–Crippen MR) is 120 cm³/mol. The smallest absolute Gasteiger partial charge is 0.255 e. The molecule has 0 bridgehead atoms. The molecule has 0 atom stereocenters. The largest absolute Gasteiger partial charge is 0.492 e. The second kappa shape index (κ2) is 8.48. The summed E-state index contributed by atoms with van der Waals surface area (Å²) < 4.78 is 8.03. The van der Waals surface area contributed by atoms with Gasteiger partial charge in [0.25, 0.3) is 5.91 Å². The molecule has 1 amide bonds. The lowest BCUT2D eigenvalue weighted by molar-refractivity contribution is 0.0620. The van der Waals surface area contributed by atoms with Crippen molar-refractivity contribution >= 4 is 28.7 Å². The van der Waals surface area contributed by atoms with E-state index >= 15 is 0 Å². The van der Waals surface area contributed by atoms with Crippen molar-refractivity contribution in [2.75, 3.05) is 39.3 Å². The summed E-state index contributed by atoms with van der Waals surface area (Å²) in [5.74, 6) is 0.897. The zero-order valence-electron chi connectivity index (χ0n) is 17.6. The summed E-state index contributed by atoms with van der Waals surface area (Å²) in [6.45, 7) is 6.51. The fraction of sp³-hybridized carbons (Fsp3) is 0.435. The maximum atomic E-state index is 13.0. The Kier molecular flexibility index (Phi) is 5.54. The van der Waals surface area contributed by atoms with Gasteiger partial charge in [-0.1, -0.05) is 11.6 Å². The first kappa shape index (κ1) is 20.3. The third-order valence-corrected chi connectivity index (χ3v) is 6.30. The van der Waals surface area contributed by atoms with Crippen LogP contribution in [-0.2, 0) is 0 Å². The molecule has 3 heterocycles. The minimum atomic E-state index is 0.0306. The van der Waals surface area contributed by atoms with E-state index in [9.17, 15) is 4.79 Å². The maximum absolute atomic E-state index is 13.0. The highest BCUT2D eigenvalue weighted by molar-refractivity contribution is 6.30. The van der Waals surface area contributed by atoms with Gasteiger partial charge in [-0.15, -0.1) is 0 Å². The summed E-state index contributed by atoms with van der Waals surface area (Å²) in [7, 11) is 0. The van der Waals surface area contributed by atoms with Crippen molar-refractivity contribution in [3.05, 3.63) is 52.9 Å². The topological polar surface area (TPSA) is 63.5 Å². The van der Waals surface area contributed by atoms with Crippen LogP contribution in [0.15, 0.2) is 36.8 Å². The Labute approximate surface area is 186 Å². The molecule has 162 valence electrons. The highest BCUT2D eigenvalue weighted by Crippen LogP contribution is 2.36. The molecular formula is C23H26ClN5O2. The maximum Gasteiger partial charge on any atom is 0.255 e. The van der Waals surface area contributed by atoms with E-state index in [4.69, 9.17) is 16.3 Å². The number of piperazine rings is 1. The zero-order chi connectivity index (χ0) is 21.4. The Morgan fingerprint density at radius 2 is 1.97 bits per heavy atom. The molecular weight excluding hydrogens is 414 g/mol. The van der Waals surface area contributed by atoms with Gasteiger partial charge in [-0.05, 0) is 49.6 Å². The van der Waals surface area contributed by atoms with Crippen molar-refractivity contribution in [2.24, 2.45) is 0 Å². The summed E-state index contributed by atoms with van der Waals surface area (Å²) in [5.41, 5.74) is 3.32. The van der Waals surface area contributed by atoms with Crippen molar-refractivity contribution in [3.63, 3.8) is 0 Å². The highest BCUT2D eigenvalue weighted by atomic mass is 35.5. The van der Waals surface area contributed by atoms with E-state index in [1.807, 2.05) is 42.4 Å². The van der Waals surface area contributed by atoms with Gasteiger partial charge >= 0.3 is 0 Å². The number of imidazole rings is 1. The molecule has 1 saturated carbocycles. The molecule has 1 aromatic carbocycles. The number of aryl methyl sites for hydroxylation is 1. The molecule has 0 spiro atoms. The summed E-state index contributed by atoms with van der Waals surface area (Å²) in [4.78, 5) is 26.2. The Hall–Kier alpha value is -2.64. The monoisotopic (exact) mass is 439 g/mol. The van der Waals surface area contributed by atoms with Crippen molar-refractivity contribution in [2.45, 2.75) is 25.8 Å². The Morgan fingerprint density at radius 3 is 2.71 bits per heavy atom. The van der Waals surface area contributed by atoms with E-state index in [-0.39, 0.29) is 5.91 Å². The number of ether oxygens (including phenoxy) is 1. The van der Waals surface area contributed by atoms with Crippen LogP contribution in [-0.4, -0.2) is 69.6 Å². The third kappa shape index (κ3) is 4.38. The van der Waals surface area contributed by atoms with Gasteiger partial charge in [0.15, 0.2) is 5.65 Å². The first-order valence-electron chi connectivity index (χ1n) is 10.8. The first-order valence-corrected chi connectivity index (χ1v) is 11.2. The van der Waals surface area contributed by atoms with Gasteiger partial charge in [0.2, 0.25) is 0 Å². The van der Waals surface area contributed by atoms with Crippen LogP contribution in [0.2, 0.25) is 5.02 Å². The number of rotatable bonds is 6. The number of aromatic nitrogens is 3. The van der Waals surface area contributed by atoms with Crippen molar-refractivity contribution in [1.29, 1.82) is 0 Å². The zero-order valence-corrected chi connectivity index (χ0v) is 18.4. The molecule has 31 heavy (non-hydrogen) atoms. The third-order valence-electron chi connectivity index (χ3n) is 6.06. The van der Waals surface area contributed by atoms with Crippen LogP contribution >= 0.6 is 11.6 Å². The van der Waals surface area contributed by atoms with Gasteiger partial charge in [0, 0.05) is 50.0 Å². The van der Waals surface area contributed by atoms with Crippen LogP contribution in [0.4, 0.5) is 0 Å². The van der Waals surface area contributed by atoms with Crippen molar-refractivity contribution in [3.8, 4) is 5.75 Å². The van der Waals surface area contributed by atoms with E-state index in [2.05, 4.69) is 19.4 Å². The molecule has 2 fully saturated rings. The normalized spacial score (nSPS) is 17.3. The SMILES string of the molecule is Cc1cc(Cl)ccc1OCCN1CCN(C(=O)c2cnc3c(c2)ncn3C2CC2)CC1. The number of amides is 1. The molecule has 3 aromatic rings. The lowest BCUT2D eigenvalue weighted by Crippen LogP contribution is -2.49. The molecule has 5 rings (SSSR count). The Morgan fingerprint density at radius 1 is 1.16 bits per heavy atom. The summed E-state index contributed by atoms with van der Waals surface area (Å²) in [6, 6.07) is 8.06. The number of pyridine rings is 1. The standard InChI is InChI=1S/C23H26ClN5O2/c1-16-12-18(24)2-5-21(16)31-11-10-27-6-8-28(9-7-27)23(30)17-13-20-22(25-14-17)29(15-26-20)19-3-4-19/h2,5,12-15,19H,3-4,6-11H2,1H3. The minimum absolute atomic E-state index is 0.0306. The summed E-state index contributed by atoms with van der Waals surface area (Å²) >= 11 is 6.00. The van der Waals surface area contributed by atoms with E-state index < -0.39 is 0 Å². The molecule has 7 nitrogen and oxygen atoms in total. The molecule has 1 aliphatic heterocycles. The Bertz CT molecular complexity index is 1100. The number of benzene rings is 1. The average molecular weight is 440 g/mol. The summed E-state index contributed by atoms with van der Waals surface area (Å²) in [6.07, 6.45) is 5.90. The molecule has 0 unspecified atom stereocenters.